The summed E-state index contributed by atoms with van der Waals surface area (Å²) >= 11 is 0. The Kier molecular flexibility index (Phi) is 4.64. The van der Waals surface area contributed by atoms with Crippen molar-refractivity contribution in [3.05, 3.63) is 48.0 Å². The number of carbonyl (C=O) groups excluding carboxylic acids is 2. The summed E-state index contributed by atoms with van der Waals surface area (Å²) in [5.41, 5.74) is 1.27. The molecule has 3 nitrogen and oxygen atoms in total. The Labute approximate surface area is 101 Å². The van der Waals surface area contributed by atoms with E-state index in [1.807, 2.05) is 30.3 Å². The van der Waals surface area contributed by atoms with E-state index in [2.05, 4.69) is 6.58 Å². The van der Waals surface area contributed by atoms with Crippen LogP contribution in [-0.2, 0) is 20.9 Å². The van der Waals surface area contributed by atoms with E-state index in [4.69, 9.17) is 4.74 Å². The van der Waals surface area contributed by atoms with Crippen LogP contribution in [0.1, 0.15) is 19.4 Å². The van der Waals surface area contributed by atoms with E-state index in [1.165, 1.54) is 6.92 Å². The van der Waals surface area contributed by atoms with Crippen LogP contribution in [-0.4, -0.2) is 11.8 Å². The third-order valence-electron chi connectivity index (χ3n) is 2.39. The predicted molar refractivity (Wildman–Crippen MR) is 65.2 cm³/mol. The Morgan fingerprint density at radius 1 is 1.29 bits per heavy atom. The maximum atomic E-state index is 11.6. The lowest BCUT2D eigenvalue weighted by Gasteiger charge is -2.10. The third kappa shape index (κ3) is 3.87. The molecule has 0 heterocycles. The van der Waals surface area contributed by atoms with Crippen molar-refractivity contribution in [3.63, 3.8) is 0 Å². The number of ketones is 1. The largest absolute Gasteiger partial charge is 0.460 e. The Morgan fingerprint density at radius 3 is 2.41 bits per heavy atom. The van der Waals surface area contributed by atoms with Gasteiger partial charge in [0.1, 0.15) is 12.5 Å². The van der Waals surface area contributed by atoms with Crippen LogP contribution in [0.5, 0.6) is 0 Å². The molecule has 0 N–H and O–H groups in total. The molecule has 90 valence electrons. The Morgan fingerprint density at radius 2 is 1.88 bits per heavy atom. The van der Waals surface area contributed by atoms with Crippen LogP contribution in [0.2, 0.25) is 0 Å². The first kappa shape index (κ1) is 13.2. The highest BCUT2D eigenvalue weighted by Gasteiger charge is 2.23. The predicted octanol–water partition coefficient (Wildman–Crippen LogP) is 2.51. The average Bonchev–Trinajstić information content (AvgIpc) is 2.35. The van der Waals surface area contributed by atoms with Gasteiger partial charge in [-0.2, -0.15) is 0 Å². The van der Waals surface area contributed by atoms with Gasteiger partial charge in [0, 0.05) is 0 Å². The first-order chi connectivity index (χ1) is 8.02. The van der Waals surface area contributed by atoms with E-state index in [-0.39, 0.29) is 12.4 Å². The number of Topliss-reactive ketones (excluding diaryl/α,β-unsaturated/α-hetero) is 1. The third-order valence-corrected chi connectivity index (χ3v) is 2.39. The Bertz CT molecular complexity index is 420. The number of hydrogen-bond acceptors (Lipinski definition) is 3. The highest BCUT2D eigenvalue weighted by molar-refractivity contribution is 6.07. The van der Waals surface area contributed by atoms with Crippen LogP contribution in [0.3, 0.4) is 0 Å². The molecule has 0 unspecified atom stereocenters. The zero-order valence-electron chi connectivity index (χ0n) is 10.1. The maximum absolute atomic E-state index is 11.6. The molecule has 0 amide bonds. The number of ether oxygens (including phenoxy) is 1. The first-order valence-corrected chi connectivity index (χ1v) is 5.42. The van der Waals surface area contributed by atoms with Crippen molar-refractivity contribution in [1.29, 1.82) is 0 Å². The van der Waals surface area contributed by atoms with E-state index in [1.54, 1.807) is 6.92 Å². The minimum Gasteiger partial charge on any atom is -0.460 e. The topological polar surface area (TPSA) is 43.4 Å². The molecule has 17 heavy (non-hydrogen) atoms. The van der Waals surface area contributed by atoms with Crippen molar-refractivity contribution >= 4 is 11.8 Å². The number of allylic oxidation sites excluding steroid dienone is 1. The minimum absolute atomic E-state index is 0.188. The van der Waals surface area contributed by atoms with Gasteiger partial charge in [-0.1, -0.05) is 36.9 Å². The summed E-state index contributed by atoms with van der Waals surface area (Å²) < 4.78 is 5.06. The second kappa shape index (κ2) is 5.99. The van der Waals surface area contributed by atoms with Gasteiger partial charge in [0.2, 0.25) is 0 Å². The molecule has 3 heteroatoms. The lowest BCUT2D eigenvalue weighted by molar-refractivity contribution is -0.151. The van der Waals surface area contributed by atoms with E-state index in [0.717, 1.165) is 5.56 Å². The summed E-state index contributed by atoms with van der Waals surface area (Å²) in [4.78, 5) is 23.1. The zero-order valence-corrected chi connectivity index (χ0v) is 10.1. The molecule has 0 aromatic heterocycles. The van der Waals surface area contributed by atoms with E-state index >= 15 is 0 Å². The normalized spacial score (nSPS) is 11.6. The SMILES string of the molecule is C=C(C)C(=O)[C@H](C)C(=O)OCc1ccccc1. The summed E-state index contributed by atoms with van der Waals surface area (Å²) in [5, 5.41) is 0. The van der Waals surface area contributed by atoms with Gasteiger partial charge in [-0.05, 0) is 25.0 Å². The molecule has 0 spiro atoms. The van der Waals surface area contributed by atoms with Gasteiger partial charge < -0.3 is 4.74 Å². The molecule has 0 bridgehead atoms. The van der Waals surface area contributed by atoms with Crippen LogP contribution < -0.4 is 0 Å². The molecule has 0 aliphatic rings. The molecule has 0 radical (unpaired) electrons. The lowest BCUT2D eigenvalue weighted by atomic mass is 10.0. The van der Waals surface area contributed by atoms with E-state index in [9.17, 15) is 9.59 Å². The summed E-state index contributed by atoms with van der Waals surface area (Å²) in [6, 6.07) is 9.34. The van der Waals surface area contributed by atoms with E-state index in [0.29, 0.717) is 5.57 Å². The van der Waals surface area contributed by atoms with Gasteiger partial charge in [-0.3, -0.25) is 9.59 Å². The fourth-order valence-electron chi connectivity index (χ4n) is 1.33. The van der Waals surface area contributed by atoms with Crippen LogP contribution >= 0.6 is 0 Å². The van der Waals surface area contributed by atoms with Crippen molar-refractivity contribution in [3.8, 4) is 0 Å². The zero-order chi connectivity index (χ0) is 12.8. The molecule has 0 aliphatic carbocycles. The van der Waals surface area contributed by atoms with Crippen LogP contribution in [0.4, 0.5) is 0 Å². The first-order valence-electron chi connectivity index (χ1n) is 5.42. The molecule has 0 fully saturated rings. The van der Waals surface area contributed by atoms with Gasteiger partial charge >= 0.3 is 5.97 Å². The fourth-order valence-corrected chi connectivity index (χ4v) is 1.33. The Balaban J connectivity index is 2.50. The summed E-state index contributed by atoms with van der Waals surface area (Å²) in [5.74, 6) is -1.57. The van der Waals surface area contributed by atoms with Crippen molar-refractivity contribution < 1.29 is 14.3 Å². The van der Waals surface area contributed by atoms with Crippen LogP contribution in [0.15, 0.2) is 42.5 Å². The quantitative estimate of drug-likeness (QED) is 0.445. The summed E-state index contributed by atoms with van der Waals surface area (Å²) in [7, 11) is 0. The number of esters is 1. The van der Waals surface area contributed by atoms with Gasteiger partial charge in [0.15, 0.2) is 5.78 Å². The number of rotatable bonds is 5. The summed E-state index contributed by atoms with van der Waals surface area (Å²) in [6.07, 6.45) is 0. The van der Waals surface area contributed by atoms with Crippen molar-refractivity contribution in [2.24, 2.45) is 5.92 Å². The smallest absolute Gasteiger partial charge is 0.316 e. The number of carbonyl (C=O) groups is 2. The number of hydrogen-bond donors (Lipinski definition) is 0. The van der Waals surface area contributed by atoms with Crippen LogP contribution in [0.25, 0.3) is 0 Å². The van der Waals surface area contributed by atoms with Gasteiger partial charge in [0.25, 0.3) is 0 Å². The van der Waals surface area contributed by atoms with Crippen molar-refractivity contribution in [2.75, 3.05) is 0 Å². The maximum Gasteiger partial charge on any atom is 0.316 e. The molecular formula is C14H16O3. The highest BCUT2D eigenvalue weighted by Crippen LogP contribution is 2.09. The van der Waals surface area contributed by atoms with Gasteiger partial charge in [-0.15, -0.1) is 0 Å². The van der Waals surface area contributed by atoms with Gasteiger partial charge in [0.05, 0.1) is 0 Å². The minimum atomic E-state index is -0.781. The second-order valence-electron chi connectivity index (χ2n) is 3.96. The molecule has 1 rings (SSSR count). The van der Waals surface area contributed by atoms with Crippen molar-refractivity contribution in [1.82, 2.24) is 0 Å². The molecule has 1 aromatic carbocycles. The average molecular weight is 232 g/mol. The Hall–Kier alpha value is -1.90. The fraction of sp³-hybridized carbons (Fsp3) is 0.286. The van der Waals surface area contributed by atoms with Gasteiger partial charge in [-0.25, -0.2) is 0 Å². The molecule has 0 aliphatic heterocycles. The number of benzene rings is 1. The monoisotopic (exact) mass is 232 g/mol. The molecular weight excluding hydrogens is 216 g/mol. The van der Waals surface area contributed by atoms with Crippen LogP contribution in [0, 0.1) is 5.92 Å². The van der Waals surface area contributed by atoms with E-state index < -0.39 is 11.9 Å². The molecule has 1 aromatic rings. The molecule has 1 atom stereocenters. The lowest BCUT2D eigenvalue weighted by Crippen LogP contribution is -2.23. The standard InChI is InChI=1S/C14H16O3/c1-10(2)13(15)11(3)14(16)17-9-12-7-5-4-6-8-12/h4-8,11H,1,9H2,2-3H3/t11-/m0/s1. The highest BCUT2D eigenvalue weighted by atomic mass is 16.5. The summed E-state index contributed by atoms with van der Waals surface area (Å²) in [6.45, 7) is 6.83. The molecule has 0 saturated carbocycles. The molecule has 0 saturated heterocycles. The van der Waals surface area contributed by atoms with Crippen molar-refractivity contribution in [2.45, 2.75) is 20.5 Å². The second-order valence-corrected chi connectivity index (χ2v) is 3.96.